The van der Waals surface area contributed by atoms with Crippen LogP contribution in [0, 0.1) is 0 Å². The summed E-state index contributed by atoms with van der Waals surface area (Å²) in [6.07, 6.45) is 3.32. The van der Waals surface area contributed by atoms with Gasteiger partial charge in [0, 0.05) is 5.56 Å². The molecule has 0 aromatic heterocycles. The quantitative estimate of drug-likeness (QED) is 0.383. The van der Waals surface area contributed by atoms with Crippen molar-refractivity contribution in [2.24, 2.45) is 0 Å². The highest BCUT2D eigenvalue weighted by Gasteiger charge is 2.00. The number of phenols is 1. The molecule has 0 aliphatic carbocycles. The van der Waals surface area contributed by atoms with Crippen molar-refractivity contribution in [3.8, 4) is 17.2 Å². The molecule has 4 nitrogen and oxygen atoms in total. The van der Waals surface area contributed by atoms with Crippen molar-refractivity contribution in [1.82, 2.24) is 0 Å². The topological polar surface area (TPSA) is 55.8 Å². The molecule has 1 N–H and O–H groups in total. The van der Waals surface area contributed by atoms with Gasteiger partial charge in [-0.05, 0) is 48.0 Å². The Morgan fingerprint density at radius 3 is 2.00 bits per heavy atom. The Balaban J connectivity index is 1.51. The van der Waals surface area contributed by atoms with Gasteiger partial charge in [-0.25, -0.2) is 0 Å². The predicted molar refractivity (Wildman–Crippen MR) is 100 cm³/mol. The monoisotopic (exact) mass is 346 g/mol. The molecule has 0 saturated heterocycles. The summed E-state index contributed by atoms with van der Waals surface area (Å²) in [6.45, 7) is 0.0620. The Bertz CT molecular complexity index is 866. The Labute approximate surface area is 151 Å². The molecule has 26 heavy (non-hydrogen) atoms. The van der Waals surface area contributed by atoms with Gasteiger partial charge in [-0.1, -0.05) is 48.5 Å². The van der Waals surface area contributed by atoms with Crippen LogP contribution in [0.5, 0.6) is 17.2 Å². The molecule has 0 atom stereocenters. The van der Waals surface area contributed by atoms with Crippen molar-refractivity contribution in [3.05, 3.63) is 96.1 Å². The summed E-state index contributed by atoms with van der Waals surface area (Å²) in [5, 5.41) is 9.22. The summed E-state index contributed by atoms with van der Waals surface area (Å²) in [6, 6.07) is 22.9. The lowest BCUT2D eigenvalue weighted by molar-refractivity contribution is 0.104. The molecule has 0 spiro atoms. The van der Waals surface area contributed by atoms with Crippen LogP contribution in [0.1, 0.15) is 15.9 Å². The first kappa shape index (κ1) is 17.3. The van der Waals surface area contributed by atoms with E-state index in [-0.39, 0.29) is 18.3 Å². The summed E-state index contributed by atoms with van der Waals surface area (Å²) >= 11 is 0. The number of phenolic OH excluding ortho intramolecular Hbond substituents is 1. The van der Waals surface area contributed by atoms with Gasteiger partial charge in [-0.2, -0.15) is 0 Å². The fourth-order valence-electron chi connectivity index (χ4n) is 2.25. The number of ether oxygens (including phenoxy) is 2. The van der Waals surface area contributed by atoms with E-state index in [0.717, 1.165) is 5.56 Å². The van der Waals surface area contributed by atoms with Gasteiger partial charge >= 0.3 is 0 Å². The molecule has 0 amide bonds. The van der Waals surface area contributed by atoms with E-state index in [2.05, 4.69) is 0 Å². The summed E-state index contributed by atoms with van der Waals surface area (Å²) in [5.74, 6) is 1.43. The van der Waals surface area contributed by atoms with Crippen molar-refractivity contribution >= 4 is 11.9 Å². The minimum Gasteiger partial charge on any atom is -0.508 e. The number of rotatable bonds is 7. The average molecular weight is 346 g/mol. The minimum absolute atomic E-state index is 0.0341. The number of benzene rings is 3. The van der Waals surface area contributed by atoms with E-state index in [1.165, 1.54) is 0 Å². The van der Waals surface area contributed by atoms with Gasteiger partial charge in [0.1, 0.15) is 17.2 Å². The lowest BCUT2D eigenvalue weighted by atomic mass is 10.1. The van der Waals surface area contributed by atoms with E-state index in [0.29, 0.717) is 17.1 Å². The zero-order valence-corrected chi connectivity index (χ0v) is 14.0. The van der Waals surface area contributed by atoms with Crippen LogP contribution < -0.4 is 9.47 Å². The number of allylic oxidation sites excluding steroid dienone is 1. The molecule has 0 heterocycles. The number of hydrogen-bond acceptors (Lipinski definition) is 4. The number of ketones is 1. The van der Waals surface area contributed by atoms with Crippen LogP contribution in [0.15, 0.2) is 84.9 Å². The SMILES string of the molecule is O=C(/C=C/c1ccc(OCOc2ccc(O)cc2)cc1)c1ccccc1. The van der Waals surface area contributed by atoms with Crippen molar-refractivity contribution in [1.29, 1.82) is 0 Å². The molecule has 3 aromatic carbocycles. The van der Waals surface area contributed by atoms with E-state index in [9.17, 15) is 9.90 Å². The lowest BCUT2D eigenvalue weighted by Gasteiger charge is -2.08. The van der Waals surface area contributed by atoms with Gasteiger partial charge < -0.3 is 14.6 Å². The molecule has 0 aliphatic rings. The van der Waals surface area contributed by atoms with Gasteiger partial charge in [0.15, 0.2) is 5.78 Å². The minimum atomic E-state index is -0.0341. The van der Waals surface area contributed by atoms with Crippen LogP contribution in [0.2, 0.25) is 0 Å². The Kier molecular flexibility index (Phi) is 5.68. The van der Waals surface area contributed by atoms with Crippen LogP contribution in [-0.2, 0) is 0 Å². The van der Waals surface area contributed by atoms with Gasteiger partial charge in [0.2, 0.25) is 6.79 Å². The highest BCUT2D eigenvalue weighted by molar-refractivity contribution is 6.06. The summed E-state index contributed by atoms with van der Waals surface area (Å²) in [4.78, 5) is 12.0. The summed E-state index contributed by atoms with van der Waals surface area (Å²) < 4.78 is 10.9. The van der Waals surface area contributed by atoms with Crippen molar-refractivity contribution in [2.75, 3.05) is 6.79 Å². The third-order valence-corrected chi connectivity index (χ3v) is 3.65. The van der Waals surface area contributed by atoms with E-state index in [1.807, 2.05) is 42.5 Å². The Morgan fingerprint density at radius 2 is 1.38 bits per heavy atom. The summed E-state index contributed by atoms with van der Waals surface area (Å²) in [5.41, 5.74) is 1.57. The lowest BCUT2D eigenvalue weighted by Crippen LogP contribution is -2.05. The predicted octanol–water partition coefficient (Wildman–Crippen LogP) is 4.70. The fraction of sp³-hybridized carbons (Fsp3) is 0.0455. The number of carbonyl (C=O) groups is 1. The van der Waals surface area contributed by atoms with E-state index in [4.69, 9.17) is 9.47 Å². The van der Waals surface area contributed by atoms with Crippen molar-refractivity contribution < 1.29 is 19.4 Å². The maximum atomic E-state index is 12.0. The maximum absolute atomic E-state index is 12.0. The van der Waals surface area contributed by atoms with E-state index in [1.54, 1.807) is 48.6 Å². The smallest absolute Gasteiger partial charge is 0.230 e. The number of aromatic hydroxyl groups is 1. The van der Waals surface area contributed by atoms with Gasteiger partial charge in [0.25, 0.3) is 0 Å². The molecular weight excluding hydrogens is 328 g/mol. The maximum Gasteiger partial charge on any atom is 0.230 e. The second-order valence-corrected chi connectivity index (χ2v) is 5.53. The van der Waals surface area contributed by atoms with Crippen molar-refractivity contribution in [3.63, 3.8) is 0 Å². The molecule has 3 aromatic rings. The average Bonchev–Trinajstić information content (AvgIpc) is 2.69. The van der Waals surface area contributed by atoms with Crippen LogP contribution in [-0.4, -0.2) is 17.7 Å². The standard InChI is InChI=1S/C22H18O4/c23-19-9-13-21(14-10-19)26-16-25-20-11-6-17(7-12-20)8-15-22(24)18-4-2-1-3-5-18/h1-15,23H,16H2/b15-8+. The number of hydrogen-bond donors (Lipinski definition) is 1. The van der Waals surface area contributed by atoms with Crippen molar-refractivity contribution in [2.45, 2.75) is 0 Å². The van der Waals surface area contributed by atoms with Crippen LogP contribution in [0.4, 0.5) is 0 Å². The Morgan fingerprint density at radius 1 is 0.808 bits per heavy atom. The molecular formula is C22H18O4. The zero-order valence-electron chi connectivity index (χ0n) is 14.0. The highest BCUT2D eigenvalue weighted by atomic mass is 16.7. The molecule has 0 saturated carbocycles. The third kappa shape index (κ3) is 4.98. The fourth-order valence-corrected chi connectivity index (χ4v) is 2.25. The first-order valence-electron chi connectivity index (χ1n) is 8.13. The first-order chi connectivity index (χ1) is 12.7. The van der Waals surface area contributed by atoms with Gasteiger partial charge in [-0.3, -0.25) is 4.79 Å². The van der Waals surface area contributed by atoms with E-state index >= 15 is 0 Å². The largest absolute Gasteiger partial charge is 0.508 e. The van der Waals surface area contributed by atoms with Crippen LogP contribution in [0.3, 0.4) is 0 Å². The first-order valence-corrected chi connectivity index (χ1v) is 8.13. The molecule has 0 fully saturated rings. The number of carbonyl (C=O) groups excluding carboxylic acids is 1. The van der Waals surface area contributed by atoms with E-state index < -0.39 is 0 Å². The molecule has 0 bridgehead atoms. The molecule has 0 unspecified atom stereocenters. The second-order valence-electron chi connectivity index (χ2n) is 5.53. The third-order valence-electron chi connectivity index (χ3n) is 3.65. The van der Waals surface area contributed by atoms with Crippen LogP contribution in [0.25, 0.3) is 6.08 Å². The summed E-state index contributed by atoms with van der Waals surface area (Å²) in [7, 11) is 0. The van der Waals surface area contributed by atoms with Crippen LogP contribution >= 0.6 is 0 Å². The second kappa shape index (κ2) is 8.53. The molecule has 0 aliphatic heterocycles. The van der Waals surface area contributed by atoms with Gasteiger partial charge in [-0.15, -0.1) is 0 Å². The molecule has 0 radical (unpaired) electrons. The highest BCUT2D eigenvalue weighted by Crippen LogP contribution is 2.17. The molecule has 3 rings (SSSR count). The normalized spacial score (nSPS) is 10.6. The molecule has 130 valence electrons. The zero-order chi connectivity index (χ0) is 18.2. The Hall–Kier alpha value is -3.53. The molecule has 4 heteroatoms. The van der Waals surface area contributed by atoms with Gasteiger partial charge in [0.05, 0.1) is 0 Å².